The molecule has 0 amide bonds. The Bertz CT molecular complexity index is 1560. The summed E-state index contributed by atoms with van der Waals surface area (Å²) in [7, 11) is 0. The summed E-state index contributed by atoms with van der Waals surface area (Å²) in [4.78, 5) is 29.2. The molecule has 0 radical (unpaired) electrons. The zero-order valence-corrected chi connectivity index (χ0v) is 16.7. The van der Waals surface area contributed by atoms with Gasteiger partial charge in [-0.25, -0.2) is 24.1 Å². The van der Waals surface area contributed by atoms with E-state index >= 15 is 0 Å². The molecule has 6 rings (SSSR count). The predicted octanol–water partition coefficient (Wildman–Crippen LogP) is 4.61. The van der Waals surface area contributed by atoms with Crippen LogP contribution in [0.25, 0.3) is 33.3 Å². The van der Waals surface area contributed by atoms with Gasteiger partial charge in [-0.05, 0) is 47.9 Å². The van der Waals surface area contributed by atoms with Gasteiger partial charge in [0.15, 0.2) is 11.2 Å². The lowest BCUT2D eigenvalue weighted by atomic mass is 10.0. The molecule has 0 aliphatic carbocycles. The average molecular weight is 434 g/mol. The molecule has 7 nitrogen and oxygen atoms in total. The summed E-state index contributed by atoms with van der Waals surface area (Å²) in [5, 5.41) is 0.918. The number of nitrogens with one attached hydrogen (secondary N) is 1. The number of oxazole rings is 1. The van der Waals surface area contributed by atoms with E-state index in [1.807, 2.05) is 23.1 Å². The van der Waals surface area contributed by atoms with Gasteiger partial charge in [0.1, 0.15) is 18.0 Å². The first kappa shape index (κ1) is 18.0. The standard InChI is InChI=1S/C22H13ClFN5O2/c23-15-8-18-12(6-16(15)24)3-4-29(18)21-14-5-11(1-2-17(14)26-10-27-21)13-7-19-20(25-9-13)28-22(30)31-19/h1-2,5-10H,3-4H2,(H,25,28,30). The molecule has 1 N–H and O–H groups in total. The fourth-order valence-electron chi connectivity index (χ4n) is 4.04. The highest BCUT2D eigenvalue weighted by atomic mass is 35.5. The van der Waals surface area contributed by atoms with Gasteiger partial charge in [-0.1, -0.05) is 17.7 Å². The largest absolute Gasteiger partial charge is 0.418 e. The molecule has 3 aromatic heterocycles. The summed E-state index contributed by atoms with van der Waals surface area (Å²) in [5.74, 6) is -0.247. The number of hydrogen-bond acceptors (Lipinski definition) is 6. The van der Waals surface area contributed by atoms with Crippen molar-refractivity contribution in [2.45, 2.75) is 6.42 Å². The maximum absolute atomic E-state index is 13.9. The van der Waals surface area contributed by atoms with Gasteiger partial charge in [0.05, 0.1) is 10.5 Å². The first-order valence-corrected chi connectivity index (χ1v) is 9.94. The van der Waals surface area contributed by atoms with E-state index in [0.717, 1.165) is 39.1 Å². The van der Waals surface area contributed by atoms with Crippen LogP contribution in [0.4, 0.5) is 15.9 Å². The molecular formula is C22H13ClFN5O2. The van der Waals surface area contributed by atoms with Crippen molar-refractivity contribution < 1.29 is 8.81 Å². The average Bonchev–Trinajstić information content (AvgIpc) is 3.34. The van der Waals surface area contributed by atoms with Crippen LogP contribution in [0.3, 0.4) is 0 Å². The molecule has 0 spiro atoms. The van der Waals surface area contributed by atoms with Gasteiger partial charge in [-0.3, -0.25) is 4.98 Å². The van der Waals surface area contributed by atoms with Crippen molar-refractivity contribution in [3.8, 4) is 11.1 Å². The van der Waals surface area contributed by atoms with E-state index in [4.69, 9.17) is 16.0 Å². The lowest BCUT2D eigenvalue weighted by molar-refractivity contribution is 0.555. The number of hydrogen-bond donors (Lipinski definition) is 1. The Morgan fingerprint density at radius 2 is 2.00 bits per heavy atom. The van der Waals surface area contributed by atoms with E-state index in [0.29, 0.717) is 24.2 Å². The molecule has 0 saturated heterocycles. The van der Waals surface area contributed by atoms with Gasteiger partial charge in [0.25, 0.3) is 0 Å². The number of H-pyrrole nitrogens is 1. The molecule has 0 fully saturated rings. The minimum absolute atomic E-state index is 0.0806. The van der Waals surface area contributed by atoms with Crippen molar-refractivity contribution in [2.75, 3.05) is 11.4 Å². The van der Waals surface area contributed by atoms with Crippen LogP contribution in [0.5, 0.6) is 0 Å². The Morgan fingerprint density at radius 1 is 1.10 bits per heavy atom. The fourth-order valence-corrected chi connectivity index (χ4v) is 4.19. The highest BCUT2D eigenvalue weighted by molar-refractivity contribution is 6.31. The zero-order valence-electron chi connectivity index (χ0n) is 15.9. The number of benzene rings is 2. The number of aromatic amines is 1. The Hall–Kier alpha value is -3.78. The van der Waals surface area contributed by atoms with Gasteiger partial charge in [-0.15, -0.1) is 0 Å². The normalized spacial score (nSPS) is 13.3. The minimum atomic E-state index is -0.545. The monoisotopic (exact) mass is 433 g/mol. The van der Waals surface area contributed by atoms with Crippen molar-refractivity contribution in [1.29, 1.82) is 0 Å². The second-order valence-corrected chi connectivity index (χ2v) is 7.72. The first-order chi connectivity index (χ1) is 15.1. The van der Waals surface area contributed by atoms with Crippen LogP contribution >= 0.6 is 11.6 Å². The third-order valence-corrected chi connectivity index (χ3v) is 5.79. The van der Waals surface area contributed by atoms with E-state index in [1.165, 1.54) is 12.4 Å². The number of nitrogens with zero attached hydrogens (tertiary/aromatic N) is 4. The quantitative estimate of drug-likeness (QED) is 0.437. The van der Waals surface area contributed by atoms with Crippen molar-refractivity contribution in [2.24, 2.45) is 0 Å². The maximum atomic E-state index is 13.9. The van der Waals surface area contributed by atoms with Crippen molar-refractivity contribution in [1.82, 2.24) is 19.9 Å². The molecule has 0 bridgehead atoms. The fraction of sp³-hybridized carbons (Fsp3) is 0.0909. The van der Waals surface area contributed by atoms with E-state index in [-0.39, 0.29) is 5.02 Å². The SMILES string of the molecule is O=c1[nH]c2ncc(-c3ccc4ncnc(N5CCc6cc(F)c(Cl)cc65)c4c3)cc2o1. The topological polar surface area (TPSA) is 87.9 Å². The van der Waals surface area contributed by atoms with Gasteiger partial charge >= 0.3 is 5.76 Å². The lowest BCUT2D eigenvalue weighted by Gasteiger charge is -2.20. The van der Waals surface area contributed by atoms with Crippen LogP contribution in [-0.4, -0.2) is 26.5 Å². The maximum Gasteiger partial charge on any atom is 0.418 e. The highest BCUT2D eigenvalue weighted by Crippen LogP contribution is 2.39. The number of pyridine rings is 1. The molecule has 5 aromatic rings. The van der Waals surface area contributed by atoms with E-state index in [2.05, 4.69) is 19.9 Å². The molecule has 9 heteroatoms. The van der Waals surface area contributed by atoms with Crippen molar-refractivity contribution in [3.05, 3.63) is 75.9 Å². The first-order valence-electron chi connectivity index (χ1n) is 9.56. The van der Waals surface area contributed by atoms with Gasteiger partial charge in [-0.2, -0.15) is 0 Å². The summed E-state index contributed by atoms with van der Waals surface area (Å²) in [5.41, 5.74) is 4.96. The summed E-state index contributed by atoms with van der Waals surface area (Å²) in [6.07, 6.45) is 3.89. The Kier molecular flexibility index (Phi) is 3.85. The highest BCUT2D eigenvalue weighted by Gasteiger charge is 2.25. The molecule has 152 valence electrons. The van der Waals surface area contributed by atoms with Crippen LogP contribution in [0.2, 0.25) is 5.02 Å². The van der Waals surface area contributed by atoms with Gasteiger partial charge in [0, 0.05) is 29.4 Å². The summed E-state index contributed by atoms with van der Waals surface area (Å²) in [6, 6.07) is 10.7. The van der Waals surface area contributed by atoms with Crippen LogP contribution in [0, 0.1) is 5.82 Å². The molecule has 1 aliphatic rings. The van der Waals surface area contributed by atoms with E-state index in [9.17, 15) is 9.18 Å². The Morgan fingerprint density at radius 3 is 2.90 bits per heavy atom. The minimum Gasteiger partial charge on any atom is -0.406 e. The Balaban J connectivity index is 1.51. The number of fused-ring (bicyclic) bond motifs is 3. The molecule has 4 heterocycles. The Labute approximate surface area is 179 Å². The number of anilines is 2. The van der Waals surface area contributed by atoms with E-state index < -0.39 is 11.6 Å². The zero-order chi connectivity index (χ0) is 21.1. The van der Waals surface area contributed by atoms with Crippen molar-refractivity contribution >= 4 is 45.2 Å². The molecule has 0 saturated carbocycles. The molecule has 1 aliphatic heterocycles. The van der Waals surface area contributed by atoms with Gasteiger partial charge in [0.2, 0.25) is 0 Å². The summed E-state index contributed by atoms with van der Waals surface area (Å²) < 4.78 is 19.0. The number of halogens is 2. The van der Waals surface area contributed by atoms with Gasteiger partial charge < -0.3 is 9.32 Å². The summed E-state index contributed by atoms with van der Waals surface area (Å²) in [6.45, 7) is 0.660. The third kappa shape index (κ3) is 2.87. The van der Waals surface area contributed by atoms with Crippen LogP contribution in [0.1, 0.15) is 5.56 Å². The summed E-state index contributed by atoms with van der Waals surface area (Å²) >= 11 is 6.04. The molecule has 2 aromatic carbocycles. The van der Waals surface area contributed by atoms with Crippen LogP contribution < -0.4 is 10.7 Å². The smallest absolute Gasteiger partial charge is 0.406 e. The van der Waals surface area contributed by atoms with Crippen LogP contribution in [-0.2, 0) is 6.42 Å². The molecular weight excluding hydrogens is 421 g/mol. The van der Waals surface area contributed by atoms with E-state index in [1.54, 1.807) is 18.3 Å². The molecule has 31 heavy (non-hydrogen) atoms. The third-order valence-electron chi connectivity index (χ3n) is 5.50. The molecule has 0 unspecified atom stereocenters. The lowest BCUT2D eigenvalue weighted by Crippen LogP contribution is -2.15. The second-order valence-electron chi connectivity index (χ2n) is 7.31. The number of rotatable bonds is 2. The predicted molar refractivity (Wildman–Crippen MR) is 115 cm³/mol. The second kappa shape index (κ2) is 6.61. The molecule has 0 atom stereocenters. The number of aromatic nitrogens is 4. The van der Waals surface area contributed by atoms with Crippen LogP contribution in [0.15, 0.2) is 58.1 Å². The van der Waals surface area contributed by atoms with Crippen molar-refractivity contribution in [3.63, 3.8) is 0 Å².